The smallest absolute Gasteiger partial charge is 0.0354 e. The third-order valence-corrected chi connectivity index (χ3v) is 4.66. The molecule has 0 fully saturated rings. The predicted molar refractivity (Wildman–Crippen MR) is 94.4 cm³/mol. The Morgan fingerprint density at radius 3 is 1.10 bits per heavy atom. The van der Waals surface area contributed by atoms with Crippen LogP contribution in [0.4, 0.5) is 0 Å². The van der Waals surface area contributed by atoms with Gasteiger partial charge in [-0.25, -0.2) is 0 Å². The Balaban J connectivity index is 3.33. The Kier molecular flexibility index (Phi) is 14.0. The minimum absolute atomic E-state index is 0.592. The van der Waals surface area contributed by atoms with Crippen molar-refractivity contribution in [2.75, 3.05) is 0 Å². The van der Waals surface area contributed by atoms with Gasteiger partial charge in [-0.2, -0.15) is 0 Å². The first-order valence-electron chi connectivity index (χ1n) is 9.62. The van der Waals surface area contributed by atoms with Crippen LogP contribution in [-0.4, -0.2) is 0 Å². The zero-order chi connectivity index (χ0) is 15.1. The van der Waals surface area contributed by atoms with Gasteiger partial charge in [0.2, 0.25) is 0 Å². The molecule has 0 spiro atoms. The van der Waals surface area contributed by atoms with Crippen molar-refractivity contribution in [2.45, 2.75) is 124 Å². The summed E-state index contributed by atoms with van der Waals surface area (Å²) in [6.07, 6.45) is 21.6. The van der Waals surface area contributed by atoms with Crippen LogP contribution in [0.25, 0.3) is 0 Å². The highest BCUT2D eigenvalue weighted by Gasteiger charge is 2.16. The molecule has 0 radical (unpaired) electrons. The fourth-order valence-corrected chi connectivity index (χ4v) is 3.07. The number of hydrogen-bond acceptors (Lipinski definition) is 0. The summed E-state index contributed by atoms with van der Waals surface area (Å²) < 4.78 is 0. The normalized spacial score (nSPS) is 12.0. The molecule has 0 heterocycles. The Labute approximate surface area is 130 Å². The summed E-state index contributed by atoms with van der Waals surface area (Å²) in [4.78, 5) is 0. The summed E-state index contributed by atoms with van der Waals surface area (Å²) in [7, 11) is 0. The Morgan fingerprint density at radius 2 is 0.750 bits per heavy atom. The van der Waals surface area contributed by atoms with Gasteiger partial charge in [-0.3, -0.25) is 0 Å². The minimum Gasteiger partial charge on any atom is -0.0654 e. The molecule has 20 heavy (non-hydrogen) atoms. The van der Waals surface area contributed by atoms with Gasteiger partial charge in [0.15, 0.2) is 0 Å². The maximum atomic E-state index is 2.48. The maximum Gasteiger partial charge on any atom is -0.0354 e. The Hall–Kier alpha value is 0. The molecule has 0 aromatic rings. The summed E-state index contributed by atoms with van der Waals surface area (Å²) in [5, 5.41) is 0. The van der Waals surface area contributed by atoms with Crippen LogP contribution in [0.15, 0.2) is 0 Å². The van der Waals surface area contributed by atoms with Crippen molar-refractivity contribution in [3.8, 4) is 0 Å². The van der Waals surface area contributed by atoms with E-state index in [4.69, 9.17) is 0 Å². The van der Waals surface area contributed by atoms with Crippen molar-refractivity contribution in [2.24, 2.45) is 5.41 Å². The highest BCUT2D eigenvalue weighted by Crippen LogP contribution is 2.30. The molecule has 0 aromatic carbocycles. The lowest BCUT2D eigenvalue weighted by Crippen LogP contribution is -2.11. The average molecular weight is 283 g/mol. The summed E-state index contributed by atoms with van der Waals surface area (Å²) in [6.45, 7) is 9.55. The molecule has 0 atom stereocenters. The monoisotopic (exact) mass is 282 g/mol. The summed E-state index contributed by atoms with van der Waals surface area (Å²) in [6, 6.07) is 0. The molecule has 0 N–H and O–H groups in total. The molecule has 0 nitrogen and oxygen atoms in total. The van der Waals surface area contributed by atoms with E-state index in [-0.39, 0.29) is 0 Å². The van der Waals surface area contributed by atoms with Crippen molar-refractivity contribution >= 4 is 0 Å². The van der Waals surface area contributed by atoms with Crippen molar-refractivity contribution in [1.29, 1.82) is 0 Å². The van der Waals surface area contributed by atoms with Crippen LogP contribution < -0.4 is 0 Å². The standard InChI is InChI=1S/C20H42/c1-5-7-9-11-12-13-15-17-19-20(3,4)18-16-14-10-8-6-2/h5-19H2,1-4H3. The third kappa shape index (κ3) is 14.4. The van der Waals surface area contributed by atoms with Gasteiger partial charge in [-0.1, -0.05) is 111 Å². The molecule has 0 aliphatic carbocycles. The Morgan fingerprint density at radius 1 is 0.450 bits per heavy atom. The van der Waals surface area contributed by atoms with E-state index in [0.29, 0.717) is 5.41 Å². The lowest BCUT2D eigenvalue weighted by molar-refractivity contribution is 0.282. The maximum absolute atomic E-state index is 2.48. The molecule has 0 aliphatic rings. The summed E-state index contributed by atoms with van der Waals surface area (Å²) in [5.74, 6) is 0. The van der Waals surface area contributed by atoms with E-state index in [1.807, 2.05) is 0 Å². The van der Waals surface area contributed by atoms with Crippen molar-refractivity contribution in [3.05, 3.63) is 0 Å². The molecule has 0 bridgehead atoms. The molecule has 0 rings (SSSR count). The van der Waals surface area contributed by atoms with Crippen LogP contribution >= 0.6 is 0 Å². The van der Waals surface area contributed by atoms with Gasteiger partial charge in [0.05, 0.1) is 0 Å². The van der Waals surface area contributed by atoms with Gasteiger partial charge >= 0.3 is 0 Å². The largest absolute Gasteiger partial charge is 0.0654 e. The molecule has 0 amide bonds. The van der Waals surface area contributed by atoms with Gasteiger partial charge in [-0.05, 0) is 18.3 Å². The van der Waals surface area contributed by atoms with Crippen molar-refractivity contribution < 1.29 is 0 Å². The van der Waals surface area contributed by atoms with Gasteiger partial charge in [0.1, 0.15) is 0 Å². The topological polar surface area (TPSA) is 0 Å². The van der Waals surface area contributed by atoms with E-state index in [9.17, 15) is 0 Å². The number of hydrogen-bond donors (Lipinski definition) is 0. The van der Waals surface area contributed by atoms with Gasteiger partial charge in [0, 0.05) is 0 Å². The van der Waals surface area contributed by atoms with Gasteiger partial charge in [-0.15, -0.1) is 0 Å². The van der Waals surface area contributed by atoms with Crippen LogP contribution in [0.1, 0.15) is 124 Å². The fourth-order valence-electron chi connectivity index (χ4n) is 3.07. The van der Waals surface area contributed by atoms with Crippen LogP contribution in [0.5, 0.6) is 0 Å². The molecule has 0 unspecified atom stereocenters. The molecule has 122 valence electrons. The molecule has 0 aromatic heterocycles. The fraction of sp³-hybridized carbons (Fsp3) is 1.00. The van der Waals surface area contributed by atoms with E-state index in [1.165, 1.54) is 96.3 Å². The zero-order valence-electron chi connectivity index (χ0n) is 15.1. The van der Waals surface area contributed by atoms with E-state index < -0.39 is 0 Å². The van der Waals surface area contributed by atoms with Gasteiger partial charge in [0.25, 0.3) is 0 Å². The minimum atomic E-state index is 0.592. The van der Waals surface area contributed by atoms with E-state index in [1.54, 1.807) is 0 Å². The first-order chi connectivity index (χ1) is 9.62. The van der Waals surface area contributed by atoms with E-state index in [0.717, 1.165) is 0 Å². The molecule has 0 saturated heterocycles. The van der Waals surface area contributed by atoms with Crippen LogP contribution in [0.3, 0.4) is 0 Å². The average Bonchev–Trinajstić information content (AvgIpc) is 2.41. The highest BCUT2D eigenvalue weighted by atomic mass is 14.2. The third-order valence-electron chi connectivity index (χ3n) is 4.66. The number of rotatable bonds is 15. The van der Waals surface area contributed by atoms with Gasteiger partial charge < -0.3 is 0 Å². The van der Waals surface area contributed by atoms with Crippen molar-refractivity contribution in [1.82, 2.24) is 0 Å². The molecule has 0 heteroatoms. The molecule has 0 aliphatic heterocycles. The lowest BCUT2D eigenvalue weighted by atomic mass is 9.82. The van der Waals surface area contributed by atoms with Crippen molar-refractivity contribution in [3.63, 3.8) is 0 Å². The Bertz CT molecular complexity index is 180. The second-order valence-electron chi connectivity index (χ2n) is 7.55. The first kappa shape index (κ1) is 20.0. The molecular weight excluding hydrogens is 240 g/mol. The second-order valence-corrected chi connectivity index (χ2v) is 7.55. The van der Waals surface area contributed by atoms with E-state index in [2.05, 4.69) is 27.7 Å². The van der Waals surface area contributed by atoms with E-state index >= 15 is 0 Å². The SMILES string of the molecule is CCCCCCCCCCC(C)(C)CCCCCCC. The quantitative estimate of drug-likeness (QED) is 0.268. The molecular formula is C20H42. The summed E-state index contributed by atoms with van der Waals surface area (Å²) in [5.41, 5.74) is 0.592. The second kappa shape index (κ2) is 14.0. The lowest BCUT2D eigenvalue weighted by Gasteiger charge is -2.24. The molecule has 0 saturated carbocycles. The highest BCUT2D eigenvalue weighted by molar-refractivity contribution is 4.68. The zero-order valence-corrected chi connectivity index (χ0v) is 15.1. The van der Waals surface area contributed by atoms with Crippen LogP contribution in [0, 0.1) is 5.41 Å². The first-order valence-corrected chi connectivity index (χ1v) is 9.62. The van der Waals surface area contributed by atoms with Crippen LogP contribution in [-0.2, 0) is 0 Å². The number of unbranched alkanes of at least 4 members (excludes halogenated alkanes) is 11. The summed E-state index contributed by atoms with van der Waals surface area (Å²) >= 11 is 0. The predicted octanol–water partition coefficient (Wildman–Crippen LogP) is 7.90. The van der Waals surface area contributed by atoms with Crippen LogP contribution in [0.2, 0.25) is 0 Å².